The number of hydroxylamine groups is 4. The molecule has 10 nitrogen and oxygen atoms in total. The Balaban J connectivity index is 0.000000195. The van der Waals surface area contributed by atoms with Crippen LogP contribution in [-0.4, -0.2) is 54.3 Å². The Morgan fingerprint density at radius 1 is 0.818 bits per heavy atom. The number of para-hydroxylation sites is 2. The molecule has 0 aliphatic carbocycles. The minimum atomic E-state index is -4.67. The van der Waals surface area contributed by atoms with Gasteiger partial charge in [-0.2, -0.15) is 8.42 Å². The third kappa shape index (κ3) is 10.6. The molecule has 0 aromatic heterocycles. The molecule has 180 valence electrons. The highest BCUT2D eigenvalue weighted by atomic mass is 32.3. The summed E-state index contributed by atoms with van der Waals surface area (Å²) in [5, 5.41) is 2.98. The molecule has 2 fully saturated rings. The minimum Gasteiger partial charge on any atom is -0.380 e. The van der Waals surface area contributed by atoms with Gasteiger partial charge in [-0.05, 0) is 35.4 Å². The standard InChI is InChI=1S/2C11H13NO2.H2O4S/c2*1-2-5-10-6-3-4-7-11(10)14-12-8-9-13-12;1-5(2,3)4/h2*2-4,6-7H,1,5,8-9H2;(H2,1,2,3,4). The van der Waals surface area contributed by atoms with Crippen molar-refractivity contribution in [2.24, 2.45) is 0 Å². The Morgan fingerprint density at radius 3 is 1.42 bits per heavy atom. The summed E-state index contributed by atoms with van der Waals surface area (Å²) in [4.78, 5) is 21.1. The second-order valence-corrected chi connectivity index (χ2v) is 7.51. The maximum Gasteiger partial charge on any atom is 0.394 e. The maximum absolute atomic E-state index is 8.74. The van der Waals surface area contributed by atoms with Crippen LogP contribution in [0.2, 0.25) is 0 Å². The largest absolute Gasteiger partial charge is 0.394 e. The fourth-order valence-corrected chi connectivity index (χ4v) is 2.53. The van der Waals surface area contributed by atoms with Crippen molar-refractivity contribution in [2.75, 3.05) is 26.3 Å². The normalized spacial score (nSPS) is 15.3. The van der Waals surface area contributed by atoms with E-state index >= 15 is 0 Å². The summed E-state index contributed by atoms with van der Waals surface area (Å²) in [5.41, 5.74) is 2.25. The zero-order valence-corrected chi connectivity index (χ0v) is 18.9. The van der Waals surface area contributed by atoms with Crippen molar-refractivity contribution in [3.8, 4) is 11.5 Å². The molecule has 2 aromatic carbocycles. The lowest BCUT2D eigenvalue weighted by molar-refractivity contribution is -0.386. The first-order valence-electron chi connectivity index (χ1n) is 10.0. The van der Waals surface area contributed by atoms with E-state index < -0.39 is 10.4 Å². The predicted octanol–water partition coefficient (Wildman–Crippen LogP) is 3.26. The van der Waals surface area contributed by atoms with Crippen LogP contribution >= 0.6 is 0 Å². The third-order valence-corrected chi connectivity index (χ3v) is 4.09. The first-order chi connectivity index (χ1) is 15.8. The first kappa shape index (κ1) is 26.5. The highest BCUT2D eigenvalue weighted by Crippen LogP contribution is 2.22. The highest BCUT2D eigenvalue weighted by molar-refractivity contribution is 7.79. The van der Waals surface area contributed by atoms with Crippen LogP contribution in [0.15, 0.2) is 73.8 Å². The molecule has 2 saturated heterocycles. The number of allylic oxidation sites excluding steroid dienone is 2. The minimum absolute atomic E-state index is 0.740. The maximum atomic E-state index is 8.74. The summed E-state index contributed by atoms with van der Waals surface area (Å²) in [5.74, 6) is 1.68. The van der Waals surface area contributed by atoms with E-state index in [4.69, 9.17) is 36.9 Å². The van der Waals surface area contributed by atoms with Gasteiger partial charge < -0.3 is 9.68 Å². The summed E-state index contributed by atoms with van der Waals surface area (Å²) >= 11 is 0. The van der Waals surface area contributed by atoms with Gasteiger partial charge >= 0.3 is 10.4 Å². The van der Waals surface area contributed by atoms with Gasteiger partial charge in [0.15, 0.2) is 11.5 Å². The topological polar surface area (TPSA) is 118 Å². The van der Waals surface area contributed by atoms with Gasteiger partial charge in [-0.15, -0.1) is 13.2 Å². The first-order valence-corrected chi connectivity index (χ1v) is 11.4. The molecule has 2 N–H and O–H groups in total. The Kier molecular flexibility index (Phi) is 11.0. The van der Waals surface area contributed by atoms with Crippen molar-refractivity contribution in [3.05, 3.63) is 85.0 Å². The van der Waals surface area contributed by atoms with Crippen molar-refractivity contribution in [1.29, 1.82) is 0 Å². The van der Waals surface area contributed by atoms with Crippen molar-refractivity contribution >= 4 is 10.4 Å². The summed E-state index contributed by atoms with van der Waals surface area (Å²) in [7, 11) is -4.67. The van der Waals surface area contributed by atoms with E-state index in [9.17, 15) is 0 Å². The van der Waals surface area contributed by atoms with Crippen molar-refractivity contribution in [2.45, 2.75) is 12.8 Å². The van der Waals surface area contributed by atoms with Crippen LogP contribution in [0.25, 0.3) is 0 Å². The SMILES string of the molecule is C=CCc1ccccc1ON1CCO1.C=CCc1ccccc1ON1CCO1.O=S(=O)(O)O. The lowest BCUT2D eigenvalue weighted by atomic mass is 10.1. The van der Waals surface area contributed by atoms with Crippen LogP contribution in [0.3, 0.4) is 0 Å². The molecule has 2 aliphatic heterocycles. The van der Waals surface area contributed by atoms with Gasteiger partial charge in [-0.3, -0.25) is 18.8 Å². The number of hydrogen-bond donors (Lipinski definition) is 2. The van der Waals surface area contributed by atoms with Gasteiger partial charge in [0.05, 0.1) is 26.3 Å². The van der Waals surface area contributed by atoms with Gasteiger partial charge in [-0.25, -0.2) is 0 Å². The van der Waals surface area contributed by atoms with Crippen LogP contribution < -0.4 is 9.68 Å². The number of benzene rings is 2. The second-order valence-electron chi connectivity index (χ2n) is 6.61. The molecule has 4 rings (SSSR count). The molecule has 2 aromatic rings. The van der Waals surface area contributed by atoms with E-state index in [1.54, 1.807) is 0 Å². The summed E-state index contributed by atoms with van der Waals surface area (Å²) in [6, 6.07) is 15.8. The third-order valence-electron chi connectivity index (χ3n) is 4.09. The predicted molar refractivity (Wildman–Crippen MR) is 121 cm³/mol. The summed E-state index contributed by atoms with van der Waals surface area (Å²) in [6.45, 7) is 10.5. The summed E-state index contributed by atoms with van der Waals surface area (Å²) < 4.78 is 31.6. The number of rotatable bonds is 8. The van der Waals surface area contributed by atoms with Crippen molar-refractivity contribution < 1.29 is 36.9 Å². The Bertz CT molecular complexity index is 918. The van der Waals surface area contributed by atoms with E-state index in [2.05, 4.69) is 13.2 Å². The van der Waals surface area contributed by atoms with Gasteiger partial charge in [0.25, 0.3) is 0 Å². The van der Waals surface area contributed by atoms with Crippen molar-refractivity contribution in [3.63, 3.8) is 0 Å². The molecular formula is C22H28N2O8S. The van der Waals surface area contributed by atoms with Crippen LogP contribution in [0, 0.1) is 0 Å². The van der Waals surface area contributed by atoms with Crippen LogP contribution in [0.1, 0.15) is 11.1 Å². The van der Waals surface area contributed by atoms with Gasteiger partial charge in [-0.1, -0.05) is 48.6 Å². The molecule has 0 atom stereocenters. The van der Waals surface area contributed by atoms with Gasteiger partial charge in [0, 0.05) is 11.1 Å². The Morgan fingerprint density at radius 2 is 1.15 bits per heavy atom. The molecule has 11 heteroatoms. The molecule has 0 unspecified atom stereocenters. The average Bonchev–Trinajstić information content (AvgIpc) is 2.69. The van der Waals surface area contributed by atoms with Crippen molar-refractivity contribution in [1.82, 2.24) is 10.5 Å². The summed E-state index contributed by atoms with van der Waals surface area (Å²) in [6.07, 6.45) is 5.34. The highest BCUT2D eigenvalue weighted by Gasteiger charge is 2.18. The molecule has 0 radical (unpaired) electrons. The molecule has 2 aliphatic rings. The Hall–Kier alpha value is -2.77. The number of nitrogens with zero attached hydrogens (tertiary/aromatic N) is 2. The molecule has 2 heterocycles. The zero-order valence-electron chi connectivity index (χ0n) is 18.1. The quantitative estimate of drug-likeness (QED) is 0.430. The molecule has 0 amide bonds. The number of hydrogen-bond acceptors (Lipinski definition) is 8. The van der Waals surface area contributed by atoms with Crippen LogP contribution in [0.4, 0.5) is 0 Å². The molecule has 0 bridgehead atoms. The van der Waals surface area contributed by atoms with E-state index in [1.165, 1.54) is 10.5 Å². The Labute approximate surface area is 193 Å². The van der Waals surface area contributed by atoms with E-state index in [1.807, 2.05) is 60.7 Å². The zero-order chi connectivity index (χ0) is 24.1. The fourth-order valence-electron chi connectivity index (χ4n) is 2.53. The van der Waals surface area contributed by atoms with E-state index in [-0.39, 0.29) is 0 Å². The fraction of sp³-hybridized carbons (Fsp3) is 0.273. The molecule has 0 saturated carbocycles. The lowest BCUT2D eigenvalue weighted by Gasteiger charge is -2.29. The van der Waals surface area contributed by atoms with Gasteiger partial charge in [0.2, 0.25) is 0 Å². The van der Waals surface area contributed by atoms with Crippen LogP contribution in [0.5, 0.6) is 11.5 Å². The monoisotopic (exact) mass is 480 g/mol. The van der Waals surface area contributed by atoms with Gasteiger partial charge in [0.1, 0.15) is 0 Å². The van der Waals surface area contributed by atoms with E-state index in [0.717, 1.165) is 61.8 Å². The van der Waals surface area contributed by atoms with Crippen LogP contribution in [-0.2, 0) is 32.9 Å². The average molecular weight is 481 g/mol. The molecular weight excluding hydrogens is 452 g/mol. The molecule has 0 spiro atoms. The lowest BCUT2D eigenvalue weighted by Crippen LogP contribution is -2.41. The smallest absolute Gasteiger partial charge is 0.380 e. The van der Waals surface area contributed by atoms with E-state index in [0.29, 0.717) is 0 Å². The molecule has 33 heavy (non-hydrogen) atoms. The second kappa shape index (κ2) is 13.7.